The minimum Gasteiger partial charge on any atom is -0.511 e. The SMILES string of the molecule is Cc1cc(CN2C(=O)C(C3=NS(=O)(=O)c4c(CNS(C)(=O)=O)csc4N3)=C(O)C3CCCCCC32)ccc1F. The molecule has 2 atom stereocenters. The van der Waals surface area contributed by atoms with Gasteiger partial charge in [-0.05, 0) is 42.3 Å². The number of rotatable bonds is 6. The Bertz CT molecular complexity index is 1610. The van der Waals surface area contributed by atoms with Gasteiger partial charge in [0.2, 0.25) is 10.0 Å². The van der Waals surface area contributed by atoms with Crippen LogP contribution < -0.4 is 10.0 Å². The monoisotopic (exact) mass is 596 g/mol. The molecule has 0 saturated heterocycles. The highest BCUT2D eigenvalue weighted by atomic mass is 32.2. The molecule has 1 aromatic carbocycles. The first-order valence-corrected chi connectivity index (χ1v) is 16.7. The maximum absolute atomic E-state index is 13.9. The average Bonchev–Trinajstić information content (AvgIpc) is 3.11. The van der Waals surface area contributed by atoms with Crippen LogP contribution in [0.15, 0.2) is 44.2 Å². The van der Waals surface area contributed by atoms with Gasteiger partial charge < -0.3 is 15.3 Å². The number of amidine groups is 1. The lowest BCUT2D eigenvalue weighted by Gasteiger charge is -2.41. The van der Waals surface area contributed by atoms with E-state index < -0.39 is 31.9 Å². The smallest absolute Gasteiger partial charge is 0.287 e. The van der Waals surface area contributed by atoms with Gasteiger partial charge in [0, 0.05) is 30.6 Å². The summed E-state index contributed by atoms with van der Waals surface area (Å²) in [4.78, 5) is 15.4. The third kappa shape index (κ3) is 5.47. The molecule has 1 aromatic heterocycles. The van der Waals surface area contributed by atoms with Crippen molar-refractivity contribution in [1.29, 1.82) is 0 Å². The van der Waals surface area contributed by atoms with Crippen molar-refractivity contribution in [2.24, 2.45) is 10.3 Å². The number of fused-ring (bicyclic) bond motifs is 2. The molecular formula is C25H29FN4O6S3. The van der Waals surface area contributed by atoms with E-state index in [4.69, 9.17) is 0 Å². The minimum atomic E-state index is -4.32. The molecule has 3 aliphatic rings. The minimum absolute atomic E-state index is 0.165. The van der Waals surface area contributed by atoms with Crippen molar-refractivity contribution in [3.05, 3.63) is 57.4 Å². The molecule has 2 aliphatic heterocycles. The van der Waals surface area contributed by atoms with E-state index in [0.717, 1.165) is 42.4 Å². The van der Waals surface area contributed by atoms with Crippen molar-refractivity contribution in [3.8, 4) is 0 Å². The molecule has 2 aromatic rings. The Morgan fingerprint density at radius 1 is 1.26 bits per heavy atom. The van der Waals surface area contributed by atoms with Crippen molar-refractivity contribution < 1.29 is 31.1 Å². The van der Waals surface area contributed by atoms with Gasteiger partial charge in [-0.15, -0.1) is 15.7 Å². The predicted octanol–water partition coefficient (Wildman–Crippen LogP) is 3.56. The van der Waals surface area contributed by atoms with E-state index in [-0.39, 0.29) is 57.6 Å². The van der Waals surface area contributed by atoms with E-state index >= 15 is 0 Å². The number of amides is 1. The number of aryl methyl sites for hydroxylation is 1. The van der Waals surface area contributed by atoms with Gasteiger partial charge >= 0.3 is 0 Å². The Balaban J connectivity index is 1.54. The van der Waals surface area contributed by atoms with Gasteiger partial charge in [0.05, 0.1) is 6.26 Å². The maximum atomic E-state index is 13.9. The van der Waals surface area contributed by atoms with E-state index in [1.54, 1.807) is 24.0 Å². The molecule has 0 bridgehead atoms. The second-order valence-corrected chi connectivity index (χ2v) is 14.4. The standard InChI is InChI=1S/C25H29FN4O6S3/c1-14-10-15(8-9-18(14)26)12-30-19-7-5-3-4-6-17(19)21(31)20(25(30)32)23-28-24-22(39(35,36)29-23)16(13-37-24)11-27-38(2,33)34/h8-10,13,17,19,27,31H,3-7,11-12H2,1-2H3,(H,28,29). The number of sulfonamides is 2. The number of anilines is 1. The Morgan fingerprint density at radius 2 is 2.00 bits per heavy atom. The molecule has 5 rings (SSSR count). The van der Waals surface area contributed by atoms with Crippen LogP contribution in [-0.4, -0.2) is 50.9 Å². The molecule has 1 amide bonds. The number of thiophene rings is 1. The van der Waals surface area contributed by atoms with Crippen LogP contribution in [0, 0.1) is 18.7 Å². The quantitative estimate of drug-likeness (QED) is 0.462. The number of carbonyl (C=O) groups excluding carboxylic acids is 1. The fraction of sp³-hybridized carbons (Fsp3) is 0.440. The number of nitrogens with zero attached hydrogens (tertiary/aromatic N) is 2. The lowest BCUT2D eigenvalue weighted by molar-refractivity contribution is -0.132. The lowest BCUT2D eigenvalue weighted by Crippen LogP contribution is -2.51. The topological polar surface area (TPSA) is 145 Å². The number of benzene rings is 1. The summed E-state index contributed by atoms with van der Waals surface area (Å²) < 4.78 is 69.6. The van der Waals surface area contributed by atoms with Crippen LogP contribution >= 0.6 is 11.3 Å². The fourth-order valence-electron chi connectivity index (χ4n) is 5.47. The highest BCUT2D eigenvalue weighted by Gasteiger charge is 2.45. The number of aliphatic hydroxyl groups is 1. The van der Waals surface area contributed by atoms with E-state index in [1.807, 2.05) is 0 Å². The van der Waals surface area contributed by atoms with Gasteiger partial charge in [-0.25, -0.2) is 17.5 Å². The summed E-state index contributed by atoms with van der Waals surface area (Å²) in [6.45, 7) is 1.58. The van der Waals surface area contributed by atoms with E-state index in [0.29, 0.717) is 18.4 Å². The second-order valence-electron chi connectivity index (χ2n) is 10.1. The summed E-state index contributed by atoms with van der Waals surface area (Å²) in [6, 6.07) is 4.35. The molecule has 1 saturated carbocycles. The molecule has 39 heavy (non-hydrogen) atoms. The molecule has 1 fully saturated rings. The summed E-state index contributed by atoms with van der Waals surface area (Å²) in [6.07, 6.45) is 4.95. The fourth-order valence-corrected chi connectivity index (χ4v) is 8.49. The molecule has 210 valence electrons. The Morgan fingerprint density at radius 3 is 2.72 bits per heavy atom. The van der Waals surface area contributed by atoms with Crippen molar-refractivity contribution in [1.82, 2.24) is 9.62 Å². The summed E-state index contributed by atoms with van der Waals surface area (Å²) in [5.74, 6) is -1.75. The zero-order valence-electron chi connectivity index (χ0n) is 21.4. The molecule has 3 heterocycles. The summed E-state index contributed by atoms with van der Waals surface area (Å²) in [5.41, 5.74) is 1.20. The van der Waals surface area contributed by atoms with Crippen LogP contribution in [0.2, 0.25) is 0 Å². The number of nitrogens with one attached hydrogen (secondary N) is 2. The molecule has 10 nitrogen and oxygen atoms in total. The van der Waals surface area contributed by atoms with Crippen LogP contribution in [-0.2, 0) is 37.9 Å². The van der Waals surface area contributed by atoms with E-state index in [2.05, 4.69) is 14.4 Å². The van der Waals surface area contributed by atoms with E-state index in [9.17, 15) is 31.1 Å². The number of aliphatic hydroxyl groups excluding tert-OH is 1. The third-order valence-electron chi connectivity index (χ3n) is 7.32. The first-order chi connectivity index (χ1) is 18.4. The van der Waals surface area contributed by atoms with Crippen LogP contribution in [0.4, 0.5) is 9.39 Å². The van der Waals surface area contributed by atoms with Crippen LogP contribution in [0.25, 0.3) is 0 Å². The summed E-state index contributed by atoms with van der Waals surface area (Å²) in [5, 5.41) is 16.0. The first kappa shape index (κ1) is 27.7. The number of hydrogen-bond acceptors (Lipinski definition) is 8. The van der Waals surface area contributed by atoms with Gasteiger partial charge in [0.1, 0.15) is 27.0 Å². The van der Waals surface area contributed by atoms with Crippen LogP contribution in [0.3, 0.4) is 0 Å². The molecular weight excluding hydrogens is 567 g/mol. The zero-order valence-corrected chi connectivity index (χ0v) is 23.8. The maximum Gasteiger partial charge on any atom is 0.287 e. The van der Waals surface area contributed by atoms with Crippen LogP contribution in [0.5, 0.6) is 0 Å². The van der Waals surface area contributed by atoms with Crippen molar-refractivity contribution in [3.63, 3.8) is 0 Å². The number of hydrogen-bond donors (Lipinski definition) is 3. The second kappa shape index (κ2) is 10.3. The third-order valence-corrected chi connectivity index (χ3v) is 10.5. The van der Waals surface area contributed by atoms with Crippen molar-refractivity contribution >= 4 is 48.1 Å². The highest BCUT2D eigenvalue weighted by molar-refractivity contribution is 7.91. The summed E-state index contributed by atoms with van der Waals surface area (Å²) >= 11 is 1.04. The van der Waals surface area contributed by atoms with Crippen molar-refractivity contribution in [2.45, 2.75) is 63.1 Å². The Labute approximate surface area is 230 Å². The molecule has 0 radical (unpaired) electrons. The number of carbonyl (C=O) groups is 1. The lowest BCUT2D eigenvalue weighted by atomic mass is 9.84. The van der Waals surface area contributed by atoms with Gasteiger partial charge in [-0.2, -0.15) is 8.42 Å². The highest BCUT2D eigenvalue weighted by Crippen LogP contribution is 2.42. The first-order valence-electron chi connectivity index (χ1n) is 12.5. The normalized spacial score (nSPS) is 23.0. The van der Waals surface area contributed by atoms with Gasteiger partial charge in [-0.3, -0.25) is 4.79 Å². The predicted molar refractivity (Wildman–Crippen MR) is 146 cm³/mol. The summed E-state index contributed by atoms with van der Waals surface area (Å²) in [7, 11) is -7.89. The molecule has 14 heteroatoms. The average molecular weight is 597 g/mol. The van der Waals surface area contributed by atoms with Crippen LogP contribution in [0.1, 0.15) is 48.8 Å². The molecule has 2 unspecified atom stereocenters. The molecule has 3 N–H and O–H groups in total. The zero-order chi connectivity index (χ0) is 28.1. The van der Waals surface area contributed by atoms with Crippen molar-refractivity contribution in [2.75, 3.05) is 11.6 Å². The van der Waals surface area contributed by atoms with E-state index in [1.165, 1.54) is 11.4 Å². The molecule has 0 spiro atoms. The van der Waals surface area contributed by atoms with Gasteiger partial charge in [-0.1, -0.05) is 31.4 Å². The molecule has 1 aliphatic carbocycles. The largest absolute Gasteiger partial charge is 0.511 e. The van der Waals surface area contributed by atoms with Gasteiger partial charge in [0.15, 0.2) is 5.84 Å². The number of halogens is 1. The Kier molecular flexibility index (Phi) is 7.33. The van der Waals surface area contributed by atoms with Gasteiger partial charge in [0.25, 0.3) is 15.9 Å². The Hall–Kier alpha value is -2.81.